The third kappa shape index (κ3) is 5.18. The van der Waals surface area contributed by atoms with Crippen LogP contribution >= 0.6 is 0 Å². The second-order valence-electron chi connectivity index (χ2n) is 8.01. The Balaban J connectivity index is 1.48. The molecule has 0 aliphatic carbocycles. The Morgan fingerprint density at radius 2 is 1.85 bits per heavy atom. The first-order chi connectivity index (χ1) is 16.1. The van der Waals surface area contributed by atoms with Crippen LogP contribution in [0.25, 0.3) is 11.1 Å². The maximum absolute atomic E-state index is 13.0. The molecule has 1 aliphatic heterocycles. The molecule has 1 aliphatic rings. The number of amides is 1. The second kappa shape index (κ2) is 10.5. The molecule has 3 aromatic rings. The van der Waals surface area contributed by atoms with Crippen LogP contribution in [-0.4, -0.2) is 53.9 Å². The number of piperidine rings is 1. The van der Waals surface area contributed by atoms with Crippen LogP contribution in [0.2, 0.25) is 0 Å². The number of hydrogen-bond acceptors (Lipinski definition) is 8. The van der Waals surface area contributed by atoms with E-state index in [-0.39, 0.29) is 11.6 Å². The van der Waals surface area contributed by atoms with Gasteiger partial charge in [0, 0.05) is 19.6 Å². The van der Waals surface area contributed by atoms with E-state index in [1.807, 2.05) is 39.0 Å². The van der Waals surface area contributed by atoms with Gasteiger partial charge in [-0.3, -0.25) is 4.79 Å². The summed E-state index contributed by atoms with van der Waals surface area (Å²) >= 11 is 0. The molecule has 0 saturated carbocycles. The van der Waals surface area contributed by atoms with Crippen molar-refractivity contribution in [1.82, 2.24) is 20.4 Å². The predicted molar refractivity (Wildman–Crippen MR) is 125 cm³/mol. The Kier molecular flexibility index (Phi) is 7.26. The maximum atomic E-state index is 13.0. The van der Waals surface area contributed by atoms with Crippen molar-refractivity contribution in [3.8, 4) is 11.5 Å². The molecular formula is C24H31N5O4. The van der Waals surface area contributed by atoms with Crippen LogP contribution in [0, 0.1) is 6.92 Å². The summed E-state index contributed by atoms with van der Waals surface area (Å²) in [4.78, 5) is 24.2. The summed E-state index contributed by atoms with van der Waals surface area (Å²) < 4.78 is 16.7. The van der Waals surface area contributed by atoms with Gasteiger partial charge >= 0.3 is 0 Å². The lowest BCUT2D eigenvalue weighted by atomic mass is 10.1. The Morgan fingerprint density at radius 3 is 2.61 bits per heavy atom. The maximum Gasteiger partial charge on any atom is 0.274 e. The minimum Gasteiger partial charge on any atom is -0.490 e. The molecule has 0 atom stereocenters. The first-order valence-corrected chi connectivity index (χ1v) is 11.7. The molecule has 3 heterocycles. The van der Waals surface area contributed by atoms with Gasteiger partial charge in [0.1, 0.15) is 17.0 Å². The normalized spacial score (nSPS) is 13.8. The van der Waals surface area contributed by atoms with E-state index < -0.39 is 0 Å². The van der Waals surface area contributed by atoms with Crippen LogP contribution in [0.3, 0.4) is 0 Å². The Morgan fingerprint density at radius 1 is 1.09 bits per heavy atom. The van der Waals surface area contributed by atoms with Gasteiger partial charge in [-0.25, -0.2) is 4.98 Å². The van der Waals surface area contributed by atoms with Gasteiger partial charge in [-0.15, -0.1) is 0 Å². The van der Waals surface area contributed by atoms with Crippen LogP contribution in [0.1, 0.15) is 55.0 Å². The lowest BCUT2D eigenvalue weighted by molar-refractivity contribution is 0.0946. The monoisotopic (exact) mass is 453 g/mol. The summed E-state index contributed by atoms with van der Waals surface area (Å²) in [7, 11) is 0. The van der Waals surface area contributed by atoms with Crippen molar-refractivity contribution in [1.29, 1.82) is 0 Å². The molecule has 1 fully saturated rings. The van der Waals surface area contributed by atoms with Crippen LogP contribution < -0.4 is 19.7 Å². The SMILES string of the molecule is CCOc1ccc(CCNC(=O)c2noc3nc(C)nc(N4CCCCC4)c23)cc1OCC. The second-order valence-corrected chi connectivity index (χ2v) is 8.01. The lowest BCUT2D eigenvalue weighted by Crippen LogP contribution is -2.31. The zero-order chi connectivity index (χ0) is 23.2. The number of ether oxygens (including phenoxy) is 2. The van der Waals surface area contributed by atoms with Crippen molar-refractivity contribution >= 4 is 22.8 Å². The average molecular weight is 454 g/mol. The third-order valence-electron chi connectivity index (χ3n) is 5.61. The van der Waals surface area contributed by atoms with Gasteiger partial charge in [-0.05, 0) is 64.2 Å². The van der Waals surface area contributed by atoms with Gasteiger partial charge in [-0.2, -0.15) is 4.98 Å². The van der Waals surface area contributed by atoms with E-state index in [9.17, 15) is 4.79 Å². The first kappa shape index (κ1) is 22.8. The number of carbonyl (C=O) groups is 1. The summed E-state index contributed by atoms with van der Waals surface area (Å²) in [5.74, 6) is 2.48. The minimum atomic E-state index is -0.296. The third-order valence-corrected chi connectivity index (χ3v) is 5.61. The van der Waals surface area contributed by atoms with Crippen LogP contribution in [0.4, 0.5) is 5.82 Å². The summed E-state index contributed by atoms with van der Waals surface area (Å²) in [6.07, 6.45) is 4.05. The van der Waals surface area contributed by atoms with Gasteiger partial charge in [-0.1, -0.05) is 11.2 Å². The number of aryl methyl sites for hydroxylation is 1. The van der Waals surface area contributed by atoms with Gasteiger partial charge in [0.2, 0.25) is 0 Å². The van der Waals surface area contributed by atoms with Crippen LogP contribution in [-0.2, 0) is 6.42 Å². The van der Waals surface area contributed by atoms with Crippen molar-refractivity contribution in [3.05, 3.63) is 35.3 Å². The van der Waals surface area contributed by atoms with Crippen molar-refractivity contribution in [2.24, 2.45) is 0 Å². The van der Waals surface area contributed by atoms with Crippen molar-refractivity contribution in [3.63, 3.8) is 0 Å². The topological polar surface area (TPSA) is 103 Å². The number of benzene rings is 1. The molecule has 33 heavy (non-hydrogen) atoms. The number of nitrogens with one attached hydrogen (secondary N) is 1. The zero-order valence-corrected chi connectivity index (χ0v) is 19.5. The van der Waals surface area contributed by atoms with Gasteiger partial charge < -0.3 is 24.2 Å². The number of hydrogen-bond donors (Lipinski definition) is 1. The van der Waals surface area contributed by atoms with Gasteiger partial charge in [0.05, 0.1) is 13.2 Å². The molecule has 0 unspecified atom stereocenters. The van der Waals surface area contributed by atoms with Crippen molar-refractivity contribution in [2.45, 2.75) is 46.5 Å². The quantitative estimate of drug-likeness (QED) is 0.523. The van der Waals surface area contributed by atoms with E-state index in [4.69, 9.17) is 14.0 Å². The molecule has 0 spiro atoms. The first-order valence-electron chi connectivity index (χ1n) is 11.7. The van der Waals surface area contributed by atoms with E-state index in [1.165, 1.54) is 6.42 Å². The Labute approximate surface area is 193 Å². The molecule has 0 radical (unpaired) electrons. The Hall–Kier alpha value is -3.36. The summed E-state index contributed by atoms with van der Waals surface area (Å²) in [5, 5.41) is 7.57. The molecule has 1 saturated heterocycles. The van der Waals surface area contributed by atoms with E-state index in [0.29, 0.717) is 48.9 Å². The van der Waals surface area contributed by atoms with Crippen LogP contribution in [0.15, 0.2) is 22.7 Å². The highest BCUT2D eigenvalue weighted by Crippen LogP contribution is 2.30. The van der Waals surface area contributed by atoms with Crippen molar-refractivity contribution < 1.29 is 18.8 Å². The molecule has 2 aromatic heterocycles. The van der Waals surface area contributed by atoms with Gasteiger partial charge in [0.25, 0.3) is 11.6 Å². The number of fused-ring (bicyclic) bond motifs is 1. The average Bonchev–Trinajstić information content (AvgIpc) is 3.25. The molecule has 4 rings (SSSR count). The summed E-state index contributed by atoms with van der Waals surface area (Å²) in [6, 6.07) is 5.84. The molecular weight excluding hydrogens is 422 g/mol. The number of anilines is 1. The van der Waals surface area contributed by atoms with Gasteiger partial charge in [0.15, 0.2) is 17.2 Å². The summed E-state index contributed by atoms with van der Waals surface area (Å²) in [6.45, 7) is 9.07. The molecule has 176 valence electrons. The molecule has 1 N–H and O–H groups in total. The standard InChI is InChI=1S/C24H31N5O4/c1-4-31-18-10-9-17(15-19(18)32-5-2)11-12-25-23(30)21-20-22(29-13-7-6-8-14-29)26-16(3)27-24(20)33-28-21/h9-10,15H,4-8,11-14H2,1-3H3,(H,25,30). The van der Waals surface area contributed by atoms with Crippen LogP contribution in [0.5, 0.6) is 11.5 Å². The largest absolute Gasteiger partial charge is 0.490 e. The van der Waals surface area contributed by atoms with E-state index in [0.717, 1.165) is 43.1 Å². The highest BCUT2D eigenvalue weighted by Gasteiger charge is 2.25. The van der Waals surface area contributed by atoms with E-state index in [2.05, 4.69) is 25.3 Å². The molecule has 9 heteroatoms. The fraction of sp³-hybridized carbons (Fsp3) is 0.500. The fourth-order valence-corrected chi connectivity index (χ4v) is 4.09. The molecule has 9 nitrogen and oxygen atoms in total. The van der Waals surface area contributed by atoms with E-state index >= 15 is 0 Å². The highest BCUT2D eigenvalue weighted by atomic mass is 16.5. The van der Waals surface area contributed by atoms with Crippen molar-refractivity contribution in [2.75, 3.05) is 37.7 Å². The molecule has 0 bridgehead atoms. The Bertz CT molecular complexity index is 1110. The molecule has 1 amide bonds. The number of aromatic nitrogens is 3. The molecule has 1 aromatic carbocycles. The van der Waals surface area contributed by atoms with E-state index in [1.54, 1.807) is 0 Å². The smallest absolute Gasteiger partial charge is 0.274 e. The fourth-order valence-electron chi connectivity index (χ4n) is 4.09. The lowest BCUT2D eigenvalue weighted by Gasteiger charge is -2.28. The highest BCUT2D eigenvalue weighted by molar-refractivity contribution is 6.07. The summed E-state index contributed by atoms with van der Waals surface area (Å²) in [5.41, 5.74) is 1.62. The number of rotatable bonds is 9. The predicted octanol–water partition coefficient (Wildman–Crippen LogP) is 3.69. The number of carbonyl (C=O) groups excluding carboxylic acids is 1. The zero-order valence-electron chi connectivity index (χ0n) is 19.5. The number of nitrogens with zero attached hydrogens (tertiary/aromatic N) is 4. The minimum absolute atomic E-state index is 0.229.